The zero-order valence-corrected chi connectivity index (χ0v) is 15.0. The third-order valence-electron chi connectivity index (χ3n) is 3.79. The summed E-state index contributed by atoms with van der Waals surface area (Å²) in [6.45, 7) is 0.474. The second-order valence-corrected chi connectivity index (χ2v) is 9.10. The third kappa shape index (κ3) is 3.74. The number of rotatable bonds is 5. The van der Waals surface area contributed by atoms with E-state index in [1.54, 1.807) is 29.4 Å². The van der Waals surface area contributed by atoms with Crippen LogP contribution in [0.15, 0.2) is 58.6 Å². The number of hydrogen-bond acceptors (Lipinski definition) is 5. The average Bonchev–Trinajstić information content (AvgIpc) is 2.52. The van der Waals surface area contributed by atoms with Gasteiger partial charge in [-0.3, -0.25) is 9.78 Å². The van der Waals surface area contributed by atoms with Crippen LogP contribution in [0.5, 0.6) is 0 Å². The molecule has 0 atom stereocenters. The van der Waals surface area contributed by atoms with Gasteiger partial charge in [0, 0.05) is 35.4 Å². The first-order chi connectivity index (χ1) is 11.5. The maximum Gasteiger partial charge on any atom is 0.233 e. The normalized spacial score (nSPS) is 15.1. The fourth-order valence-corrected chi connectivity index (χ4v) is 4.89. The van der Waals surface area contributed by atoms with E-state index in [9.17, 15) is 13.2 Å². The Morgan fingerprint density at radius 2 is 1.79 bits per heavy atom. The molecule has 0 spiro atoms. The number of amides is 1. The van der Waals surface area contributed by atoms with Gasteiger partial charge in [-0.2, -0.15) is 0 Å². The topological polar surface area (TPSA) is 67.3 Å². The Hall–Kier alpha value is -1.57. The minimum Gasteiger partial charge on any atom is -0.339 e. The Morgan fingerprint density at radius 3 is 2.42 bits per heavy atom. The molecular formula is C16H15ClN2O3S2. The van der Waals surface area contributed by atoms with Gasteiger partial charge in [-0.1, -0.05) is 11.6 Å². The molecule has 2 heterocycles. The molecule has 0 saturated carbocycles. The van der Waals surface area contributed by atoms with Crippen molar-refractivity contribution in [2.75, 3.05) is 18.8 Å². The van der Waals surface area contributed by atoms with Gasteiger partial charge in [-0.05, 0) is 36.4 Å². The van der Waals surface area contributed by atoms with E-state index < -0.39 is 15.1 Å². The summed E-state index contributed by atoms with van der Waals surface area (Å²) in [4.78, 5) is 18.8. The molecule has 1 amide bonds. The molecule has 0 unspecified atom stereocenters. The molecule has 24 heavy (non-hydrogen) atoms. The van der Waals surface area contributed by atoms with Crippen LogP contribution in [0.4, 0.5) is 0 Å². The molecule has 1 aliphatic rings. The largest absolute Gasteiger partial charge is 0.339 e. The number of sulfone groups is 1. The van der Waals surface area contributed by atoms with E-state index in [0.29, 0.717) is 5.02 Å². The van der Waals surface area contributed by atoms with E-state index in [2.05, 4.69) is 4.98 Å². The minimum atomic E-state index is -3.42. The van der Waals surface area contributed by atoms with Crippen molar-refractivity contribution < 1.29 is 13.2 Å². The van der Waals surface area contributed by atoms with Crippen molar-refractivity contribution in [3.63, 3.8) is 0 Å². The average molecular weight is 383 g/mol. The number of hydrogen-bond donors (Lipinski definition) is 0. The summed E-state index contributed by atoms with van der Waals surface area (Å²) in [7, 11) is -3.42. The molecule has 126 valence electrons. The Kier molecular flexibility index (Phi) is 5.12. The van der Waals surface area contributed by atoms with Gasteiger partial charge in [0.2, 0.25) is 5.91 Å². The highest BCUT2D eigenvalue weighted by Gasteiger charge is 2.40. The van der Waals surface area contributed by atoms with E-state index in [0.717, 1.165) is 4.90 Å². The van der Waals surface area contributed by atoms with Gasteiger partial charge in [-0.15, -0.1) is 11.8 Å². The van der Waals surface area contributed by atoms with Crippen molar-refractivity contribution in [2.24, 2.45) is 0 Å². The van der Waals surface area contributed by atoms with Crippen LogP contribution in [0.25, 0.3) is 0 Å². The van der Waals surface area contributed by atoms with Gasteiger partial charge in [0.25, 0.3) is 0 Å². The molecule has 1 fully saturated rings. The number of aromatic nitrogens is 1. The molecule has 1 aromatic carbocycles. The molecule has 0 aliphatic carbocycles. The maximum atomic E-state index is 12.5. The van der Waals surface area contributed by atoms with Gasteiger partial charge in [0.05, 0.1) is 10.6 Å². The fourth-order valence-electron chi connectivity index (χ4n) is 2.33. The zero-order valence-electron chi connectivity index (χ0n) is 12.6. The van der Waals surface area contributed by atoms with E-state index >= 15 is 0 Å². The highest BCUT2D eigenvalue weighted by molar-refractivity contribution is 8.00. The molecule has 0 radical (unpaired) electrons. The summed E-state index contributed by atoms with van der Waals surface area (Å²) in [5.41, 5.74) is 0. The Morgan fingerprint density at radius 1 is 1.17 bits per heavy atom. The fraction of sp³-hybridized carbons (Fsp3) is 0.250. The van der Waals surface area contributed by atoms with E-state index in [1.165, 1.54) is 23.9 Å². The standard InChI is InChI=1S/C16H15ClN2O3S2/c17-12-1-3-14(4-2-12)24(21,22)15-9-19(10-15)16(20)11-23-13-5-7-18-8-6-13/h1-8,15H,9-11H2. The lowest BCUT2D eigenvalue weighted by molar-refractivity contribution is -0.131. The van der Waals surface area contributed by atoms with E-state index in [-0.39, 0.29) is 29.6 Å². The van der Waals surface area contributed by atoms with E-state index in [1.807, 2.05) is 12.1 Å². The second-order valence-electron chi connectivity index (χ2n) is 5.39. The highest BCUT2D eigenvalue weighted by Crippen LogP contribution is 2.26. The SMILES string of the molecule is O=C(CSc1ccncc1)N1CC(S(=O)(=O)c2ccc(Cl)cc2)C1. The van der Waals surface area contributed by atoms with Crippen molar-refractivity contribution >= 4 is 39.1 Å². The predicted molar refractivity (Wildman–Crippen MR) is 94.0 cm³/mol. The molecule has 1 saturated heterocycles. The number of carbonyl (C=O) groups is 1. The number of carbonyl (C=O) groups excluding carboxylic acids is 1. The van der Waals surface area contributed by atoms with Crippen molar-refractivity contribution in [1.29, 1.82) is 0 Å². The molecule has 0 N–H and O–H groups in total. The predicted octanol–water partition coefficient (Wildman–Crippen LogP) is 2.51. The monoisotopic (exact) mass is 382 g/mol. The first kappa shape index (κ1) is 17.3. The van der Waals surface area contributed by atoms with Crippen LogP contribution in [0, 0.1) is 0 Å². The van der Waals surface area contributed by atoms with Crippen LogP contribution in [0.1, 0.15) is 0 Å². The molecule has 0 bridgehead atoms. The minimum absolute atomic E-state index is 0.0561. The van der Waals surface area contributed by atoms with Gasteiger partial charge in [0.15, 0.2) is 9.84 Å². The second kappa shape index (κ2) is 7.13. The highest BCUT2D eigenvalue weighted by atomic mass is 35.5. The van der Waals surface area contributed by atoms with Crippen molar-refractivity contribution in [2.45, 2.75) is 15.0 Å². The summed E-state index contributed by atoms with van der Waals surface area (Å²) < 4.78 is 25.0. The summed E-state index contributed by atoms with van der Waals surface area (Å²) in [5.74, 6) is 0.233. The van der Waals surface area contributed by atoms with Gasteiger partial charge in [0.1, 0.15) is 5.25 Å². The zero-order chi connectivity index (χ0) is 17.2. The van der Waals surface area contributed by atoms with Crippen LogP contribution < -0.4 is 0 Å². The van der Waals surface area contributed by atoms with Gasteiger partial charge in [-0.25, -0.2) is 8.42 Å². The third-order valence-corrected chi connectivity index (χ3v) is 7.15. The molecule has 5 nitrogen and oxygen atoms in total. The first-order valence-corrected chi connectivity index (χ1v) is 10.2. The number of benzene rings is 1. The van der Waals surface area contributed by atoms with Crippen LogP contribution in [0.3, 0.4) is 0 Å². The molecule has 2 aromatic rings. The lowest BCUT2D eigenvalue weighted by atomic mass is 10.2. The smallest absolute Gasteiger partial charge is 0.233 e. The summed E-state index contributed by atoms with van der Waals surface area (Å²) in [5, 5.41) is -0.0546. The van der Waals surface area contributed by atoms with Gasteiger partial charge >= 0.3 is 0 Å². The van der Waals surface area contributed by atoms with Crippen molar-refractivity contribution in [1.82, 2.24) is 9.88 Å². The van der Waals surface area contributed by atoms with E-state index in [4.69, 9.17) is 11.6 Å². The van der Waals surface area contributed by atoms with Crippen LogP contribution in [0.2, 0.25) is 5.02 Å². The molecule has 1 aliphatic heterocycles. The molecule has 3 rings (SSSR count). The van der Waals surface area contributed by atoms with Crippen LogP contribution >= 0.6 is 23.4 Å². The number of likely N-dealkylation sites (tertiary alicyclic amines) is 1. The van der Waals surface area contributed by atoms with Crippen molar-refractivity contribution in [3.05, 3.63) is 53.8 Å². The summed E-state index contributed by atoms with van der Waals surface area (Å²) >= 11 is 7.20. The molecule has 8 heteroatoms. The maximum absolute atomic E-state index is 12.5. The van der Waals surface area contributed by atoms with Gasteiger partial charge < -0.3 is 4.90 Å². The van der Waals surface area contributed by atoms with Crippen LogP contribution in [-0.2, 0) is 14.6 Å². The molecular weight excluding hydrogens is 368 g/mol. The quantitative estimate of drug-likeness (QED) is 0.743. The summed E-state index contributed by atoms with van der Waals surface area (Å²) in [6, 6.07) is 9.79. The molecule has 1 aromatic heterocycles. The Balaban J connectivity index is 1.54. The van der Waals surface area contributed by atoms with Crippen molar-refractivity contribution in [3.8, 4) is 0 Å². The lowest BCUT2D eigenvalue weighted by Gasteiger charge is -2.38. The number of thioether (sulfide) groups is 1. The Bertz CT molecular complexity index is 820. The number of pyridine rings is 1. The number of halogens is 1. The Labute approximate surface area is 150 Å². The van der Waals surface area contributed by atoms with Crippen LogP contribution in [-0.4, -0.2) is 48.3 Å². The first-order valence-electron chi connectivity index (χ1n) is 7.27. The number of nitrogens with zero attached hydrogens (tertiary/aromatic N) is 2. The summed E-state index contributed by atoms with van der Waals surface area (Å²) in [6.07, 6.45) is 3.34. The lowest BCUT2D eigenvalue weighted by Crippen LogP contribution is -2.57.